The summed E-state index contributed by atoms with van der Waals surface area (Å²) >= 11 is 1.33. The molecular formula is C31H40N6O11S. The van der Waals surface area contributed by atoms with Crippen molar-refractivity contribution in [3.63, 3.8) is 0 Å². The number of nitrogens with one attached hydrogen (secondary N) is 4. The molecule has 0 aromatic heterocycles. The van der Waals surface area contributed by atoms with Crippen LogP contribution in [-0.2, 0) is 46.4 Å². The number of aromatic hydroxyl groups is 2. The van der Waals surface area contributed by atoms with E-state index in [1.165, 1.54) is 60.3 Å². The molecule has 17 nitrogen and oxygen atoms in total. The second-order valence-corrected chi connectivity index (χ2v) is 12.0. The van der Waals surface area contributed by atoms with Gasteiger partial charge in [0.1, 0.15) is 35.7 Å². The fourth-order valence-corrected chi connectivity index (χ4v) is 4.91. The van der Waals surface area contributed by atoms with E-state index in [9.17, 15) is 48.9 Å². The van der Waals surface area contributed by atoms with Crippen molar-refractivity contribution < 1.29 is 54.0 Å². The zero-order chi connectivity index (χ0) is 36.7. The number of hydrogen-bond donors (Lipinski definition) is 10. The van der Waals surface area contributed by atoms with E-state index in [1.54, 1.807) is 6.26 Å². The quantitative estimate of drug-likeness (QED) is 0.0739. The smallest absolute Gasteiger partial charge is 0.326 e. The van der Waals surface area contributed by atoms with E-state index in [4.69, 9.17) is 16.6 Å². The molecule has 266 valence electrons. The lowest BCUT2D eigenvalue weighted by Gasteiger charge is -2.26. The minimum Gasteiger partial charge on any atom is -0.508 e. The van der Waals surface area contributed by atoms with E-state index in [0.29, 0.717) is 16.9 Å². The molecule has 5 atom stereocenters. The summed E-state index contributed by atoms with van der Waals surface area (Å²) in [6, 6.07) is 4.05. The Morgan fingerprint density at radius 3 is 1.47 bits per heavy atom. The molecule has 2 rings (SSSR count). The SMILES string of the molecule is CSCC[C@H](NC(=O)[C@H](Cc1ccc(O)cc1)NC(=O)[C@H](Cc1ccc(O)cc1)NC(=O)[C@@H](N)CC(=O)O)C(=O)N[C@@H](CC(N)=O)C(=O)O. The van der Waals surface area contributed by atoms with Crippen molar-refractivity contribution >= 4 is 53.2 Å². The van der Waals surface area contributed by atoms with Gasteiger partial charge in [0.05, 0.1) is 18.9 Å². The number of nitrogens with two attached hydrogens (primary N) is 2. The third kappa shape index (κ3) is 14.1. The third-order valence-corrected chi connectivity index (χ3v) is 7.66. The molecule has 2 aromatic carbocycles. The van der Waals surface area contributed by atoms with Gasteiger partial charge in [-0.25, -0.2) is 4.79 Å². The van der Waals surface area contributed by atoms with Gasteiger partial charge in [0.2, 0.25) is 29.5 Å². The number of thioether (sulfide) groups is 1. The molecule has 5 amide bonds. The molecule has 0 heterocycles. The van der Waals surface area contributed by atoms with Crippen LogP contribution in [0.2, 0.25) is 0 Å². The molecule has 18 heteroatoms. The first kappa shape index (κ1) is 39.8. The Labute approximate surface area is 285 Å². The minimum absolute atomic E-state index is 0.0303. The maximum Gasteiger partial charge on any atom is 0.326 e. The Kier molecular flexibility index (Phi) is 15.8. The minimum atomic E-state index is -1.66. The summed E-state index contributed by atoms with van der Waals surface area (Å²) in [5.74, 6) is -7.28. The monoisotopic (exact) mass is 704 g/mol. The molecule has 12 N–H and O–H groups in total. The number of carbonyl (C=O) groups is 7. The molecule has 0 aliphatic heterocycles. The molecule has 0 spiro atoms. The van der Waals surface area contributed by atoms with Crippen LogP contribution in [0.25, 0.3) is 0 Å². The molecule has 0 saturated heterocycles. The zero-order valence-electron chi connectivity index (χ0n) is 26.5. The lowest BCUT2D eigenvalue weighted by molar-refractivity contribution is -0.143. The molecule has 49 heavy (non-hydrogen) atoms. The average Bonchev–Trinajstić information content (AvgIpc) is 3.03. The van der Waals surface area contributed by atoms with Gasteiger partial charge in [-0.3, -0.25) is 28.8 Å². The van der Waals surface area contributed by atoms with Crippen LogP contribution in [0.4, 0.5) is 0 Å². The van der Waals surface area contributed by atoms with Gasteiger partial charge in [-0.2, -0.15) is 11.8 Å². The third-order valence-electron chi connectivity index (χ3n) is 7.01. The Hall–Kier alpha value is -5.36. The summed E-state index contributed by atoms with van der Waals surface area (Å²) in [7, 11) is 0. The number of carboxylic acids is 2. The van der Waals surface area contributed by atoms with Crippen LogP contribution >= 0.6 is 11.8 Å². The number of benzene rings is 2. The summed E-state index contributed by atoms with van der Waals surface area (Å²) in [5, 5.41) is 47.5. The number of phenols is 2. The summed E-state index contributed by atoms with van der Waals surface area (Å²) in [4.78, 5) is 87.4. The van der Waals surface area contributed by atoms with Crippen LogP contribution in [0.3, 0.4) is 0 Å². The number of hydrogen-bond acceptors (Lipinski definition) is 11. The molecule has 0 unspecified atom stereocenters. The number of carbonyl (C=O) groups excluding carboxylic acids is 5. The summed E-state index contributed by atoms with van der Waals surface area (Å²) in [5.41, 5.74) is 11.8. The van der Waals surface area contributed by atoms with E-state index >= 15 is 0 Å². The lowest BCUT2D eigenvalue weighted by Crippen LogP contribution is -2.59. The van der Waals surface area contributed by atoms with Crippen molar-refractivity contribution in [3.05, 3.63) is 59.7 Å². The molecule has 0 aliphatic rings. The van der Waals surface area contributed by atoms with Crippen molar-refractivity contribution in [2.75, 3.05) is 12.0 Å². The van der Waals surface area contributed by atoms with Crippen LogP contribution < -0.4 is 32.7 Å². The molecule has 0 bridgehead atoms. The largest absolute Gasteiger partial charge is 0.508 e. The number of aliphatic carboxylic acids is 2. The Morgan fingerprint density at radius 1 is 0.653 bits per heavy atom. The van der Waals surface area contributed by atoms with Crippen LogP contribution in [0.5, 0.6) is 11.5 Å². The molecule has 2 aromatic rings. The predicted octanol–water partition coefficient (Wildman–Crippen LogP) is -1.66. The van der Waals surface area contributed by atoms with Gasteiger partial charge >= 0.3 is 11.9 Å². The van der Waals surface area contributed by atoms with Crippen molar-refractivity contribution in [1.29, 1.82) is 0 Å². The zero-order valence-corrected chi connectivity index (χ0v) is 27.3. The Bertz CT molecular complexity index is 1490. The van der Waals surface area contributed by atoms with E-state index < -0.39 is 84.5 Å². The first-order chi connectivity index (χ1) is 23.1. The van der Waals surface area contributed by atoms with Gasteiger partial charge in [-0.15, -0.1) is 0 Å². The lowest BCUT2D eigenvalue weighted by atomic mass is 10.0. The van der Waals surface area contributed by atoms with Crippen molar-refractivity contribution in [1.82, 2.24) is 21.3 Å². The second kappa shape index (κ2) is 19.5. The van der Waals surface area contributed by atoms with Gasteiger partial charge in [-0.05, 0) is 53.8 Å². The Morgan fingerprint density at radius 2 is 1.06 bits per heavy atom. The summed E-state index contributed by atoms with van der Waals surface area (Å²) in [6.45, 7) is 0. The highest BCUT2D eigenvalue weighted by atomic mass is 32.2. The number of amides is 5. The predicted molar refractivity (Wildman–Crippen MR) is 176 cm³/mol. The summed E-state index contributed by atoms with van der Waals surface area (Å²) < 4.78 is 0. The topological polar surface area (TPSA) is 301 Å². The van der Waals surface area contributed by atoms with Gasteiger partial charge in [0.15, 0.2) is 0 Å². The fraction of sp³-hybridized carbons (Fsp3) is 0.387. The number of phenolic OH excluding ortho intramolecular Hbond substituents is 2. The maximum atomic E-state index is 13.7. The van der Waals surface area contributed by atoms with Gasteiger partial charge in [0.25, 0.3) is 0 Å². The van der Waals surface area contributed by atoms with Gasteiger partial charge in [0, 0.05) is 12.8 Å². The molecule has 0 aliphatic carbocycles. The molecular weight excluding hydrogens is 664 g/mol. The van der Waals surface area contributed by atoms with Crippen LogP contribution in [0, 0.1) is 0 Å². The molecule has 0 fully saturated rings. The molecule has 0 radical (unpaired) electrons. The van der Waals surface area contributed by atoms with Crippen LogP contribution in [0.15, 0.2) is 48.5 Å². The number of rotatable bonds is 20. The van der Waals surface area contributed by atoms with Crippen LogP contribution in [0.1, 0.15) is 30.4 Å². The fourth-order valence-electron chi connectivity index (χ4n) is 4.44. The van der Waals surface area contributed by atoms with Gasteiger partial charge < -0.3 is 53.2 Å². The first-order valence-electron chi connectivity index (χ1n) is 14.8. The van der Waals surface area contributed by atoms with Crippen molar-refractivity contribution in [3.8, 4) is 11.5 Å². The van der Waals surface area contributed by atoms with E-state index in [2.05, 4.69) is 21.3 Å². The average molecular weight is 705 g/mol. The van der Waals surface area contributed by atoms with Crippen molar-refractivity contribution in [2.24, 2.45) is 11.5 Å². The standard InChI is InChI=1S/C31H40N6O11S/c1-49-11-10-21(28(44)37-24(31(47)48)15-25(33)40)34-29(45)23(13-17-4-8-19(39)9-5-17)36-30(46)22(12-16-2-6-18(38)7-3-16)35-27(43)20(32)14-26(41)42/h2-9,20-24,38-39H,10-15,32H2,1H3,(H2,33,40)(H,34,45)(H,35,43)(H,36,46)(H,37,44)(H,41,42)(H,47,48)/t20-,21-,22-,23-,24-/m0/s1. The normalized spacial score (nSPS) is 13.8. The highest BCUT2D eigenvalue weighted by molar-refractivity contribution is 7.98. The van der Waals surface area contributed by atoms with E-state index in [1.807, 2.05) is 0 Å². The summed E-state index contributed by atoms with van der Waals surface area (Å²) in [6.07, 6.45) is -0.000860. The van der Waals surface area contributed by atoms with Gasteiger partial charge in [-0.1, -0.05) is 24.3 Å². The number of carboxylic acid groups (broad SMARTS) is 2. The first-order valence-corrected chi connectivity index (χ1v) is 16.2. The highest BCUT2D eigenvalue weighted by Crippen LogP contribution is 2.14. The van der Waals surface area contributed by atoms with E-state index in [-0.39, 0.29) is 30.8 Å². The molecule has 0 saturated carbocycles. The van der Waals surface area contributed by atoms with Crippen molar-refractivity contribution in [2.45, 2.75) is 62.3 Å². The second-order valence-electron chi connectivity index (χ2n) is 11.0. The van der Waals surface area contributed by atoms with E-state index in [0.717, 1.165) is 0 Å². The Balaban J connectivity index is 2.41. The highest BCUT2D eigenvalue weighted by Gasteiger charge is 2.32. The number of primary amides is 1. The maximum absolute atomic E-state index is 13.7. The van der Waals surface area contributed by atoms with Crippen LogP contribution in [-0.4, -0.2) is 104 Å².